The number of furan rings is 1. The molecule has 0 radical (unpaired) electrons. The van der Waals surface area contributed by atoms with Crippen LogP contribution in [-0.4, -0.2) is 20.2 Å². The summed E-state index contributed by atoms with van der Waals surface area (Å²) in [7, 11) is 3.07. The van der Waals surface area contributed by atoms with E-state index >= 15 is 0 Å². The predicted molar refractivity (Wildman–Crippen MR) is 96.6 cm³/mol. The van der Waals surface area contributed by atoms with Gasteiger partial charge in [0.1, 0.15) is 23.2 Å². The van der Waals surface area contributed by atoms with Crippen molar-refractivity contribution in [1.29, 1.82) is 0 Å². The van der Waals surface area contributed by atoms with Crippen LogP contribution in [0.25, 0.3) is 11.0 Å². The van der Waals surface area contributed by atoms with Gasteiger partial charge in [-0.3, -0.25) is 4.79 Å². The predicted octanol–water partition coefficient (Wildman–Crippen LogP) is 4.22. The third kappa shape index (κ3) is 2.90. The molecule has 0 fully saturated rings. The molecule has 5 heteroatoms. The van der Waals surface area contributed by atoms with Crippen LogP contribution in [0.2, 0.25) is 0 Å². The maximum Gasteiger partial charge on any atom is 0.310 e. The Bertz CT molecular complexity index is 956. The van der Waals surface area contributed by atoms with E-state index in [4.69, 9.17) is 18.6 Å². The molecule has 1 aliphatic carbocycles. The van der Waals surface area contributed by atoms with E-state index < -0.39 is 0 Å². The summed E-state index contributed by atoms with van der Waals surface area (Å²) in [5.41, 5.74) is 3.91. The zero-order valence-electron chi connectivity index (χ0n) is 14.8. The van der Waals surface area contributed by atoms with Crippen LogP contribution in [0.15, 0.2) is 47.1 Å². The molecule has 0 saturated carbocycles. The van der Waals surface area contributed by atoms with Crippen molar-refractivity contribution in [3.05, 3.63) is 59.4 Å². The summed E-state index contributed by atoms with van der Waals surface area (Å²) in [6.07, 6.45) is 3.65. The largest absolute Gasteiger partial charge is 0.496 e. The van der Waals surface area contributed by atoms with Crippen LogP contribution in [0.4, 0.5) is 0 Å². The Labute approximate surface area is 151 Å². The zero-order valence-corrected chi connectivity index (χ0v) is 14.8. The number of rotatable bonds is 5. The monoisotopic (exact) mass is 352 g/mol. The van der Waals surface area contributed by atoms with Crippen LogP contribution >= 0.6 is 0 Å². The summed E-state index contributed by atoms with van der Waals surface area (Å²) < 4.78 is 22.0. The van der Waals surface area contributed by atoms with Crippen molar-refractivity contribution in [2.45, 2.75) is 25.4 Å². The number of ether oxygens (including phenoxy) is 3. The van der Waals surface area contributed by atoms with Gasteiger partial charge >= 0.3 is 5.97 Å². The first-order valence-electron chi connectivity index (χ1n) is 8.59. The van der Waals surface area contributed by atoms with E-state index in [2.05, 4.69) is 6.07 Å². The first-order valence-corrected chi connectivity index (χ1v) is 8.59. The van der Waals surface area contributed by atoms with Gasteiger partial charge in [0.25, 0.3) is 0 Å². The van der Waals surface area contributed by atoms with E-state index in [9.17, 15) is 4.79 Å². The van der Waals surface area contributed by atoms with Gasteiger partial charge in [-0.05, 0) is 36.6 Å². The average Bonchev–Trinajstić information content (AvgIpc) is 3.26. The van der Waals surface area contributed by atoms with Crippen LogP contribution in [-0.2, 0) is 22.4 Å². The maximum atomic E-state index is 11.5. The second kappa shape index (κ2) is 6.75. The Balaban J connectivity index is 1.57. The van der Waals surface area contributed by atoms with Crippen molar-refractivity contribution in [3.8, 4) is 11.5 Å². The van der Waals surface area contributed by atoms with Gasteiger partial charge in [0.2, 0.25) is 0 Å². The molecule has 1 aliphatic rings. The Morgan fingerprint density at radius 1 is 1.23 bits per heavy atom. The van der Waals surface area contributed by atoms with Gasteiger partial charge in [-0.25, -0.2) is 0 Å². The fraction of sp³-hybridized carbons (Fsp3) is 0.286. The zero-order chi connectivity index (χ0) is 18.1. The third-order valence-electron chi connectivity index (χ3n) is 4.86. The van der Waals surface area contributed by atoms with E-state index in [0.717, 1.165) is 35.3 Å². The van der Waals surface area contributed by atoms with Crippen molar-refractivity contribution in [2.75, 3.05) is 14.2 Å². The summed E-state index contributed by atoms with van der Waals surface area (Å²) in [5, 5.41) is 0.899. The number of carbonyl (C=O) groups excluding carboxylic acids is 1. The minimum atomic E-state index is -0.287. The highest BCUT2D eigenvalue weighted by molar-refractivity contribution is 5.86. The summed E-state index contributed by atoms with van der Waals surface area (Å²) in [5.74, 6) is 1.38. The first-order chi connectivity index (χ1) is 12.7. The van der Waals surface area contributed by atoms with Crippen molar-refractivity contribution in [2.24, 2.45) is 0 Å². The summed E-state index contributed by atoms with van der Waals surface area (Å²) >= 11 is 0. The SMILES string of the molecule is COC(=O)Cc1coc2cc(O[C@@H]3CCc4c(OC)cccc43)ccc12. The lowest BCUT2D eigenvalue weighted by atomic mass is 10.1. The molecule has 0 spiro atoms. The fourth-order valence-corrected chi connectivity index (χ4v) is 3.56. The van der Waals surface area contributed by atoms with Crippen LogP contribution < -0.4 is 9.47 Å². The fourth-order valence-electron chi connectivity index (χ4n) is 3.56. The molecule has 0 aliphatic heterocycles. The second-order valence-electron chi connectivity index (χ2n) is 6.35. The molecular weight excluding hydrogens is 332 g/mol. The van der Waals surface area contributed by atoms with Crippen molar-refractivity contribution in [1.82, 2.24) is 0 Å². The molecule has 1 aromatic heterocycles. The van der Waals surface area contributed by atoms with Gasteiger partial charge in [-0.15, -0.1) is 0 Å². The van der Waals surface area contributed by atoms with E-state index in [0.29, 0.717) is 5.58 Å². The maximum absolute atomic E-state index is 11.5. The third-order valence-corrected chi connectivity index (χ3v) is 4.86. The summed E-state index contributed by atoms with van der Waals surface area (Å²) in [6.45, 7) is 0. The number of hydrogen-bond acceptors (Lipinski definition) is 5. The lowest BCUT2D eigenvalue weighted by Gasteiger charge is -2.15. The molecular formula is C21H20O5. The van der Waals surface area contributed by atoms with Crippen molar-refractivity contribution < 1.29 is 23.4 Å². The number of fused-ring (bicyclic) bond motifs is 2. The van der Waals surface area contributed by atoms with Gasteiger partial charge < -0.3 is 18.6 Å². The van der Waals surface area contributed by atoms with Gasteiger partial charge in [-0.1, -0.05) is 12.1 Å². The van der Waals surface area contributed by atoms with Crippen molar-refractivity contribution >= 4 is 16.9 Å². The minimum Gasteiger partial charge on any atom is -0.496 e. The Morgan fingerprint density at radius 2 is 2.12 bits per heavy atom. The quantitative estimate of drug-likeness (QED) is 0.644. The molecule has 2 aromatic carbocycles. The molecule has 26 heavy (non-hydrogen) atoms. The number of benzene rings is 2. The van der Waals surface area contributed by atoms with Gasteiger partial charge in [0, 0.05) is 22.6 Å². The molecule has 3 aromatic rings. The Morgan fingerprint density at radius 3 is 2.92 bits per heavy atom. The molecule has 0 N–H and O–H groups in total. The summed E-state index contributed by atoms with van der Waals surface area (Å²) in [6, 6.07) is 11.8. The normalized spacial score (nSPS) is 15.7. The topological polar surface area (TPSA) is 57.9 Å². The first kappa shape index (κ1) is 16.5. The van der Waals surface area contributed by atoms with E-state index in [1.807, 2.05) is 30.3 Å². The number of hydrogen-bond donors (Lipinski definition) is 0. The Kier molecular flexibility index (Phi) is 4.29. The Hall–Kier alpha value is -2.95. The summed E-state index contributed by atoms with van der Waals surface area (Å²) in [4.78, 5) is 11.5. The number of methoxy groups -OCH3 is 2. The minimum absolute atomic E-state index is 0.00190. The molecule has 0 amide bonds. The highest BCUT2D eigenvalue weighted by atomic mass is 16.5. The standard InChI is InChI=1S/C21H20O5/c1-23-18-5-3-4-16-17(18)8-9-19(16)26-14-6-7-15-13(10-21(22)24-2)12-25-20(15)11-14/h3-7,11-12,19H,8-10H2,1-2H3/t19-/m1/s1. The lowest BCUT2D eigenvalue weighted by Crippen LogP contribution is -2.04. The molecule has 134 valence electrons. The van der Waals surface area contributed by atoms with E-state index in [-0.39, 0.29) is 18.5 Å². The molecule has 1 heterocycles. The highest BCUT2D eigenvalue weighted by Crippen LogP contribution is 2.40. The van der Waals surface area contributed by atoms with Gasteiger partial charge in [0.05, 0.1) is 26.9 Å². The van der Waals surface area contributed by atoms with Gasteiger partial charge in [-0.2, -0.15) is 0 Å². The van der Waals surface area contributed by atoms with E-state index in [1.165, 1.54) is 18.2 Å². The molecule has 0 bridgehead atoms. The van der Waals surface area contributed by atoms with Crippen LogP contribution in [0.3, 0.4) is 0 Å². The smallest absolute Gasteiger partial charge is 0.310 e. The molecule has 5 nitrogen and oxygen atoms in total. The van der Waals surface area contributed by atoms with Crippen LogP contribution in [0.1, 0.15) is 29.2 Å². The molecule has 0 saturated heterocycles. The molecule has 1 atom stereocenters. The van der Waals surface area contributed by atoms with Crippen LogP contribution in [0.5, 0.6) is 11.5 Å². The number of esters is 1. The van der Waals surface area contributed by atoms with E-state index in [1.54, 1.807) is 13.4 Å². The lowest BCUT2D eigenvalue weighted by molar-refractivity contribution is -0.139. The second-order valence-corrected chi connectivity index (χ2v) is 6.35. The van der Waals surface area contributed by atoms with Crippen molar-refractivity contribution in [3.63, 3.8) is 0 Å². The van der Waals surface area contributed by atoms with Crippen LogP contribution in [0, 0.1) is 0 Å². The molecule has 0 unspecified atom stereocenters. The van der Waals surface area contributed by atoms with Gasteiger partial charge in [0.15, 0.2) is 0 Å². The highest BCUT2D eigenvalue weighted by Gasteiger charge is 2.26. The number of carbonyl (C=O) groups is 1. The molecule has 4 rings (SSSR count). The average molecular weight is 352 g/mol.